The maximum Gasteiger partial charge on any atom is 0.232 e. The van der Waals surface area contributed by atoms with Crippen LogP contribution in [0.3, 0.4) is 0 Å². The zero-order valence-corrected chi connectivity index (χ0v) is 16.7. The topological polar surface area (TPSA) is 46.3 Å². The Labute approximate surface area is 169 Å². The van der Waals surface area contributed by atoms with Gasteiger partial charge in [0.1, 0.15) is 5.52 Å². The third-order valence-electron chi connectivity index (χ3n) is 5.94. The van der Waals surface area contributed by atoms with E-state index in [1.165, 1.54) is 35.3 Å². The van der Waals surface area contributed by atoms with Crippen molar-refractivity contribution in [3.63, 3.8) is 0 Å². The number of carbonyl (C=O) groups excluding carboxylic acids is 1. The third kappa shape index (κ3) is 3.55. The highest BCUT2D eigenvalue weighted by Gasteiger charge is 2.27. The number of aryl methyl sites for hydroxylation is 2. The average molecular weight is 393 g/mol. The van der Waals surface area contributed by atoms with Gasteiger partial charge in [-0.1, -0.05) is 18.2 Å². The molecule has 1 fully saturated rings. The van der Waals surface area contributed by atoms with Gasteiger partial charge < -0.3 is 9.32 Å². The molecule has 1 amide bonds. The van der Waals surface area contributed by atoms with Crippen LogP contribution in [0.15, 0.2) is 51.8 Å². The molecule has 1 aliphatic heterocycles. The smallest absolute Gasteiger partial charge is 0.232 e. The van der Waals surface area contributed by atoms with Crippen LogP contribution in [-0.4, -0.2) is 34.6 Å². The molecule has 3 aromatic rings. The molecule has 2 aromatic carbocycles. The van der Waals surface area contributed by atoms with E-state index in [-0.39, 0.29) is 5.91 Å². The normalized spacial score (nSPS) is 17.2. The molecule has 5 heteroatoms. The summed E-state index contributed by atoms with van der Waals surface area (Å²) in [4.78, 5) is 20.5. The lowest BCUT2D eigenvalue weighted by atomic mass is 9.97. The predicted octanol–water partition coefficient (Wildman–Crippen LogP) is 4.81. The number of likely N-dealkylation sites (tertiary alicyclic amines) is 1. The first-order valence-electron chi connectivity index (χ1n) is 10.1. The number of carbonyl (C=O) groups is 1. The molecule has 0 N–H and O–H groups in total. The number of amides is 1. The van der Waals surface area contributed by atoms with Gasteiger partial charge in [0, 0.05) is 23.9 Å². The van der Waals surface area contributed by atoms with Gasteiger partial charge in [0.15, 0.2) is 11.5 Å². The third-order valence-corrected chi connectivity index (χ3v) is 6.92. The van der Waals surface area contributed by atoms with E-state index >= 15 is 0 Å². The summed E-state index contributed by atoms with van der Waals surface area (Å²) in [6.07, 6.45) is 5.48. The van der Waals surface area contributed by atoms with Crippen molar-refractivity contribution in [1.29, 1.82) is 0 Å². The molecule has 1 aromatic heterocycles. The van der Waals surface area contributed by atoms with Crippen molar-refractivity contribution in [3.05, 3.63) is 59.5 Å². The highest BCUT2D eigenvalue weighted by Crippen LogP contribution is 2.31. The molecule has 0 atom stereocenters. The number of rotatable bonds is 4. The van der Waals surface area contributed by atoms with Gasteiger partial charge in [0.05, 0.1) is 5.75 Å². The van der Waals surface area contributed by atoms with E-state index < -0.39 is 0 Å². The zero-order valence-electron chi connectivity index (χ0n) is 15.9. The zero-order chi connectivity index (χ0) is 18.9. The second kappa shape index (κ2) is 7.63. The van der Waals surface area contributed by atoms with Gasteiger partial charge in [-0.05, 0) is 67.5 Å². The van der Waals surface area contributed by atoms with Crippen LogP contribution in [0, 0.1) is 0 Å². The number of nitrogens with zero attached hydrogens (tertiary/aromatic N) is 2. The lowest BCUT2D eigenvalue weighted by Crippen LogP contribution is -2.39. The molecule has 144 valence electrons. The van der Waals surface area contributed by atoms with E-state index in [4.69, 9.17) is 4.42 Å². The van der Waals surface area contributed by atoms with E-state index in [1.54, 1.807) is 11.8 Å². The molecule has 0 unspecified atom stereocenters. The van der Waals surface area contributed by atoms with Gasteiger partial charge in [-0.15, -0.1) is 11.8 Å². The number of hydrogen-bond acceptors (Lipinski definition) is 4. The summed E-state index contributed by atoms with van der Waals surface area (Å²) in [5.41, 5.74) is 4.72. The predicted molar refractivity (Wildman–Crippen MR) is 112 cm³/mol. The maximum atomic E-state index is 12.7. The second-order valence-electron chi connectivity index (χ2n) is 7.75. The number of oxazole rings is 1. The molecular formula is C23H24N2O2S. The van der Waals surface area contributed by atoms with Crippen LogP contribution in [-0.2, 0) is 17.6 Å². The van der Waals surface area contributed by atoms with Crippen LogP contribution in [0.5, 0.6) is 0 Å². The number of piperidine rings is 1. The lowest BCUT2D eigenvalue weighted by Gasteiger charge is -2.30. The summed E-state index contributed by atoms with van der Waals surface area (Å²) >= 11 is 1.67. The van der Waals surface area contributed by atoms with Crippen molar-refractivity contribution in [3.8, 4) is 0 Å². The first kappa shape index (κ1) is 17.8. The fourth-order valence-electron chi connectivity index (χ4n) is 4.31. The molecule has 2 heterocycles. The van der Waals surface area contributed by atoms with Gasteiger partial charge >= 0.3 is 0 Å². The molecule has 2 aliphatic rings. The van der Waals surface area contributed by atoms with Crippen LogP contribution in [0.1, 0.15) is 42.2 Å². The lowest BCUT2D eigenvalue weighted by molar-refractivity contribution is -0.129. The minimum Gasteiger partial charge on any atom is -0.440 e. The van der Waals surface area contributed by atoms with Crippen LogP contribution < -0.4 is 0 Å². The fourth-order valence-corrected chi connectivity index (χ4v) is 5.18. The van der Waals surface area contributed by atoms with E-state index in [9.17, 15) is 4.79 Å². The highest BCUT2D eigenvalue weighted by molar-refractivity contribution is 8.00. The summed E-state index contributed by atoms with van der Waals surface area (Å²) in [5.74, 6) is 1.88. The molecule has 1 aliphatic carbocycles. The van der Waals surface area contributed by atoms with Crippen molar-refractivity contribution < 1.29 is 9.21 Å². The van der Waals surface area contributed by atoms with Gasteiger partial charge in [-0.3, -0.25) is 4.79 Å². The number of thioether (sulfide) groups is 1. The van der Waals surface area contributed by atoms with Crippen LogP contribution in [0.25, 0.3) is 11.1 Å². The van der Waals surface area contributed by atoms with Gasteiger partial charge in [0.2, 0.25) is 5.91 Å². The average Bonchev–Trinajstić information content (AvgIpc) is 3.38. The highest BCUT2D eigenvalue weighted by atomic mass is 32.2. The molecule has 5 rings (SSSR count). The summed E-state index contributed by atoms with van der Waals surface area (Å²) in [6, 6.07) is 14.6. The van der Waals surface area contributed by atoms with Crippen molar-refractivity contribution in [2.45, 2.75) is 42.9 Å². The van der Waals surface area contributed by atoms with E-state index in [1.807, 2.05) is 29.2 Å². The standard InChI is InChI=1S/C23H24N2O2S/c26-22(15-28-19-9-8-16-4-3-5-18(16)14-19)25-12-10-17(11-13-25)23-24-20-6-1-2-7-21(20)27-23/h1-2,6-9,14,17H,3-5,10-13,15H2. The van der Waals surface area contributed by atoms with E-state index in [0.29, 0.717) is 11.7 Å². The molecule has 28 heavy (non-hydrogen) atoms. The van der Waals surface area contributed by atoms with E-state index in [0.717, 1.165) is 42.9 Å². The van der Waals surface area contributed by atoms with Crippen molar-refractivity contribution in [1.82, 2.24) is 9.88 Å². The Morgan fingerprint density at radius 2 is 1.93 bits per heavy atom. The van der Waals surface area contributed by atoms with Crippen molar-refractivity contribution in [2.75, 3.05) is 18.8 Å². The van der Waals surface area contributed by atoms with E-state index in [2.05, 4.69) is 23.2 Å². The summed E-state index contributed by atoms with van der Waals surface area (Å²) < 4.78 is 5.93. The second-order valence-corrected chi connectivity index (χ2v) is 8.80. The minimum absolute atomic E-state index is 0.238. The molecule has 0 radical (unpaired) electrons. The number of fused-ring (bicyclic) bond motifs is 2. The number of benzene rings is 2. The SMILES string of the molecule is O=C(CSc1ccc2c(c1)CCC2)N1CCC(c2nc3ccccc3o2)CC1. The number of para-hydroxylation sites is 2. The molecular weight excluding hydrogens is 368 g/mol. The maximum absolute atomic E-state index is 12.7. The van der Waals surface area contributed by atoms with Crippen LogP contribution >= 0.6 is 11.8 Å². The van der Waals surface area contributed by atoms with Gasteiger partial charge in [0.25, 0.3) is 0 Å². The monoisotopic (exact) mass is 392 g/mol. The molecule has 0 bridgehead atoms. The molecule has 0 spiro atoms. The Morgan fingerprint density at radius 3 is 2.79 bits per heavy atom. The molecule has 1 saturated heterocycles. The van der Waals surface area contributed by atoms with Crippen LogP contribution in [0.4, 0.5) is 0 Å². The quantitative estimate of drug-likeness (QED) is 0.598. The Morgan fingerprint density at radius 1 is 1.11 bits per heavy atom. The Balaban J connectivity index is 1.15. The molecule has 4 nitrogen and oxygen atoms in total. The summed E-state index contributed by atoms with van der Waals surface area (Å²) in [6.45, 7) is 1.57. The Hall–Kier alpha value is -2.27. The Kier molecular flexibility index (Phi) is 4.85. The van der Waals surface area contributed by atoms with Crippen molar-refractivity contribution >= 4 is 28.8 Å². The summed E-state index contributed by atoms with van der Waals surface area (Å²) in [7, 11) is 0. The first-order valence-corrected chi connectivity index (χ1v) is 11.1. The summed E-state index contributed by atoms with van der Waals surface area (Å²) in [5, 5.41) is 0. The first-order chi connectivity index (χ1) is 13.8. The fraction of sp³-hybridized carbons (Fsp3) is 0.391. The van der Waals surface area contributed by atoms with Crippen LogP contribution in [0.2, 0.25) is 0 Å². The van der Waals surface area contributed by atoms with Crippen molar-refractivity contribution in [2.24, 2.45) is 0 Å². The van der Waals surface area contributed by atoms with Gasteiger partial charge in [-0.2, -0.15) is 0 Å². The number of aromatic nitrogens is 1. The molecule has 0 saturated carbocycles. The number of hydrogen-bond donors (Lipinski definition) is 0. The Bertz CT molecular complexity index is 972. The van der Waals surface area contributed by atoms with Gasteiger partial charge in [-0.25, -0.2) is 4.98 Å². The largest absolute Gasteiger partial charge is 0.440 e. The minimum atomic E-state index is 0.238.